The van der Waals surface area contributed by atoms with Crippen LogP contribution in [0.2, 0.25) is 0 Å². The molecule has 5 nitrogen and oxygen atoms in total. The molecule has 0 bridgehead atoms. The Balaban J connectivity index is 1.93. The molecular formula is C16H22N3O2S-. The third kappa shape index (κ3) is 2.96. The molecule has 3 atom stereocenters. The summed E-state index contributed by atoms with van der Waals surface area (Å²) in [6.45, 7) is 1.16. The van der Waals surface area contributed by atoms with Crippen molar-refractivity contribution >= 4 is 22.0 Å². The minimum atomic E-state index is -2.18. The Hall–Kier alpha value is -1.21. The molecule has 1 aliphatic heterocycles. The first-order valence-electron chi connectivity index (χ1n) is 7.65. The SMILES string of the molecule is CNC(c1ccc2[nH]cc(CC3CCCN3C)c2c1)S(=O)[O-]. The number of aromatic nitrogens is 1. The number of rotatable bonds is 5. The summed E-state index contributed by atoms with van der Waals surface area (Å²) < 4.78 is 22.7. The number of likely N-dealkylation sites (tertiary alicyclic amines) is 1. The minimum Gasteiger partial charge on any atom is -0.771 e. The maximum absolute atomic E-state index is 11.3. The maximum Gasteiger partial charge on any atom is 0.0955 e. The van der Waals surface area contributed by atoms with Crippen molar-refractivity contribution in [1.29, 1.82) is 0 Å². The number of H-pyrrole nitrogens is 1. The van der Waals surface area contributed by atoms with Gasteiger partial charge in [-0.2, -0.15) is 0 Å². The highest BCUT2D eigenvalue weighted by Crippen LogP contribution is 2.27. The van der Waals surface area contributed by atoms with E-state index in [1.807, 2.05) is 18.2 Å². The summed E-state index contributed by atoms with van der Waals surface area (Å²) in [5.41, 5.74) is 3.11. The summed E-state index contributed by atoms with van der Waals surface area (Å²) in [5, 5.41) is 3.31. The number of fused-ring (bicyclic) bond motifs is 1. The molecule has 2 N–H and O–H groups in total. The van der Waals surface area contributed by atoms with Crippen LogP contribution in [-0.2, 0) is 17.5 Å². The fraction of sp³-hybridized carbons (Fsp3) is 0.500. The summed E-state index contributed by atoms with van der Waals surface area (Å²) >= 11 is -2.18. The predicted molar refractivity (Wildman–Crippen MR) is 88.4 cm³/mol. The number of benzene rings is 1. The molecule has 0 saturated carbocycles. The van der Waals surface area contributed by atoms with Crippen LogP contribution >= 0.6 is 0 Å². The van der Waals surface area contributed by atoms with Crippen LogP contribution < -0.4 is 5.32 Å². The van der Waals surface area contributed by atoms with Gasteiger partial charge in [-0.25, -0.2) is 0 Å². The topological polar surface area (TPSA) is 71.2 Å². The Kier molecular flexibility index (Phi) is 4.63. The predicted octanol–water partition coefficient (Wildman–Crippen LogP) is 1.90. The van der Waals surface area contributed by atoms with Crippen LogP contribution in [0, 0.1) is 0 Å². The third-order valence-corrected chi connectivity index (χ3v) is 5.57. The molecule has 22 heavy (non-hydrogen) atoms. The quantitative estimate of drug-likeness (QED) is 0.826. The van der Waals surface area contributed by atoms with E-state index in [0.717, 1.165) is 29.4 Å². The second kappa shape index (κ2) is 6.50. The van der Waals surface area contributed by atoms with Gasteiger partial charge in [0.05, 0.1) is 5.37 Å². The molecule has 120 valence electrons. The zero-order valence-corrected chi connectivity index (χ0v) is 13.8. The smallest absolute Gasteiger partial charge is 0.0955 e. The van der Waals surface area contributed by atoms with Gasteiger partial charge in [0, 0.05) is 23.1 Å². The van der Waals surface area contributed by atoms with Gasteiger partial charge in [-0.05, 0) is 74.2 Å². The van der Waals surface area contributed by atoms with Crippen LogP contribution in [0.1, 0.15) is 29.3 Å². The van der Waals surface area contributed by atoms with E-state index in [1.54, 1.807) is 7.05 Å². The van der Waals surface area contributed by atoms with E-state index in [0.29, 0.717) is 6.04 Å². The number of hydrogen-bond acceptors (Lipinski definition) is 4. The molecule has 6 heteroatoms. The Morgan fingerprint density at radius 2 is 2.36 bits per heavy atom. The second-order valence-electron chi connectivity index (χ2n) is 6.03. The largest absolute Gasteiger partial charge is 0.771 e. The summed E-state index contributed by atoms with van der Waals surface area (Å²) in [6.07, 6.45) is 5.55. The van der Waals surface area contributed by atoms with Crippen molar-refractivity contribution in [2.45, 2.75) is 30.7 Å². The van der Waals surface area contributed by atoms with Crippen LogP contribution in [0.4, 0.5) is 0 Å². The van der Waals surface area contributed by atoms with Gasteiger partial charge in [-0.15, -0.1) is 0 Å². The molecule has 0 radical (unpaired) electrons. The lowest BCUT2D eigenvalue weighted by molar-refractivity contribution is 0.310. The molecule has 3 unspecified atom stereocenters. The van der Waals surface area contributed by atoms with Gasteiger partial charge in [-0.1, -0.05) is 6.07 Å². The van der Waals surface area contributed by atoms with Crippen molar-refractivity contribution in [1.82, 2.24) is 15.2 Å². The average Bonchev–Trinajstić information content (AvgIpc) is 3.07. The number of hydrogen-bond donors (Lipinski definition) is 2. The van der Waals surface area contributed by atoms with Crippen molar-refractivity contribution in [2.75, 3.05) is 20.6 Å². The molecule has 2 aromatic rings. The Labute approximate surface area is 133 Å². The van der Waals surface area contributed by atoms with E-state index in [-0.39, 0.29) is 0 Å². The van der Waals surface area contributed by atoms with Crippen molar-refractivity contribution in [3.8, 4) is 0 Å². The monoisotopic (exact) mass is 320 g/mol. The summed E-state index contributed by atoms with van der Waals surface area (Å²) in [6, 6.07) is 6.40. The Morgan fingerprint density at radius 1 is 1.55 bits per heavy atom. The molecule has 0 spiro atoms. The van der Waals surface area contributed by atoms with E-state index in [2.05, 4.69) is 28.4 Å². The van der Waals surface area contributed by atoms with Gasteiger partial charge in [-0.3, -0.25) is 4.21 Å². The molecule has 1 saturated heterocycles. The van der Waals surface area contributed by atoms with Gasteiger partial charge in [0.1, 0.15) is 0 Å². The molecule has 1 aromatic carbocycles. The first kappa shape index (κ1) is 15.7. The van der Waals surface area contributed by atoms with Gasteiger partial charge in [0.2, 0.25) is 0 Å². The van der Waals surface area contributed by atoms with Gasteiger partial charge in [0.25, 0.3) is 0 Å². The van der Waals surface area contributed by atoms with E-state index in [4.69, 9.17) is 0 Å². The van der Waals surface area contributed by atoms with E-state index >= 15 is 0 Å². The van der Waals surface area contributed by atoms with Gasteiger partial charge >= 0.3 is 0 Å². The Bertz CT molecular complexity index is 685. The first-order chi connectivity index (χ1) is 10.6. The molecule has 1 fully saturated rings. The lowest BCUT2D eigenvalue weighted by Crippen LogP contribution is -2.26. The number of nitrogens with one attached hydrogen (secondary N) is 2. The first-order valence-corrected chi connectivity index (χ1v) is 8.79. The fourth-order valence-electron chi connectivity index (χ4n) is 3.39. The summed E-state index contributed by atoms with van der Waals surface area (Å²) in [5.74, 6) is 0. The number of aromatic amines is 1. The fourth-order valence-corrected chi connectivity index (χ4v) is 3.95. The zero-order valence-electron chi connectivity index (χ0n) is 13.0. The van der Waals surface area contributed by atoms with Crippen LogP contribution in [0.15, 0.2) is 24.4 Å². The van der Waals surface area contributed by atoms with Crippen molar-refractivity contribution in [2.24, 2.45) is 0 Å². The van der Waals surface area contributed by atoms with Crippen LogP contribution in [-0.4, -0.2) is 45.3 Å². The van der Waals surface area contributed by atoms with Gasteiger partial charge in [0.15, 0.2) is 0 Å². The number of likely N-dealkylation sites (N-methyl/N-ethyl adjacent to an activating group) is 1. The van der Waals surface area contributed by atoms with Gasteiger partial charge < -0.3 is 19.8 Å². The second-order valence-corrected chi connectivity index (χ2v) is 7.02. The normalized spacial score (nSPS) is 22.2. The molecule has 1 aliphatic rings. The van der Waals surface area contributed by atoms with E-state index in [9.17, 15) is 8.76 Å². The van der Waals surface area contributed by atoms with E-state index < -0.39 is 16.5 Å². The van der Waals surface area contributed by atoms with Crippen molar-refractivity contribution < 1.29 is 8.76 Å². The van der Waals surface area contributed by atoms with Crippen LogP contribution in [0.5, 0.6) is 0 Å². The zero-order chi connectivity index (χ0) is 15.7. The molecule has 1 aromatic heterocycles. The standard InChI is InChI=1S/C16H23N3O2S/c1-17-16(22(20)21)11-5-6-15-14(9-11)12(10-18-15)8-13-4-3-7-19(13)2/h5-6,9-10,13,16-18H,3-4,7-8H2,1-2H3,(H,20,21)/p-1. The van der Waals surface area contributed by atoms with Crippen LogP contribution in [0.25, 0.3) is 10.9 Å². The van der Waals surface area contributed by atoms with Crippen molar-refractivity contribution in [3.05, 3.63) is 35.5 Å². The van der Waals surface area contributed by atoms with Crippen LogP contribution in [0.3, 0.4) is 0 Å². The highest BCUT2D eigenvalue weighted by Gasteiger charge is 2.22. The molecule has 0 aliphatic carbocycles. The molecule has 2 heterocycles. The molecule has 0 amide bonds. The highest BCUT2D eigenvalue weighted by atomic mass is 32.2. The minimum absolute atomic E-state index is 0.580. The lowest BCUT2D eigenvalue weighted by Gasteiger charge is -2.20. The Morgan fingerprint density at radius 3 is 3.00 bits per heavy atom. The summed E-state index contributed by atoms with van der Waals surface area (Å²) in [7, 11) is 3.84. The maximum atomic E-state index is 11.3. The third-order valence-electron chi connectivity index (χ3n) is 4.68. The van der Waals surface area contributed by atoms with E-state index in [1.165, 1.54) is 18.4 Å². The van der Waals surface area contributed by atoms with Crippen molar-refractivity contribution in [3.63, 3.8) is 0 Å². The molecular weight excluding hydrogens is 298 g/mol. The lowest BCUT2D eigenvalue weighted by atomic mass is 10.0. The number of nitrogens with zero attached hydrogens (tertiary/aromatic N) is 1. The average molecular weight is 320 g/mol. The summed E-state index contributed by atoms with van der Waals surface area (Å²) in [4.78, 5) is 5.71. The molecule has 3 rings (SSSR count). The highest BCUT2D eigenvalue weighted by molar-refractivity contribution is 7.79.